The van der Waals surface area contributed by atoms with Crippen molar-refractivity contribution in [2.24, 2.45) is 7.05 Å². The summed E-state index contributed by atoms with van der Waals surface area (Å²) >= 11 is 0. The van der Waals surface area contributed by atoms with Crippen molar-refractivity contribution in [3.05, 3.63) is 46.5 Å². The van der Waals surface area contributed by atoms with Crippen LogP contribution in [-0.2, 0) is 16.5 Å². The Hall–Kier alpha value is -3.70. The second kappa shape index (κ2) is 9.62. The van der Waals surface area contributed by atoms with E-state index in [-0.39, 0.29) is 29.5 Å². The van der Waals surface area contributed by atoms with Gasteiger partial charge in [-0.2, -0.15) is 0 Å². The zero-order valence-corrected chi connectivity index (χ0v) is 17.5. The molecule has 0 radical (unpaired) electrons. The second-order valence-electron chi connectivity index (χ2n) is 6.95. The van der Waals surface area contributed by atoms with E-state index in [1.54, 1.807) is 25.2 Å². The predicted molar refractivity (Wildman–Crippen MR) is 116 cm³/mol. The molecule has 1 aromatic carbocycles. The summed E-state index contributed by atoms with van der Waals surface area (Å²) in [5.41, 5.74) is 5.37. The van der Waals surface area contributed by atoms with E-state index in [0.717, 1.165) is 0 Å². The Bertz CT molecular complexity index is 1180. The van der Waals surface area contributed by atoms with Gasteiger partial charge in [0.05, 0.1) is 37.4 Å². The third-order valence-electron chi connectivity index (χ3n) is 4.84. The van der Waals surface area contributed by atoms with Crippen molar-refractivity contribution in [1.29, 1.82) is 0 Å². The molecule has 0 spiro atoms. The number of nitrogens with zero attached hydrogens (tertiary/aromatic N) is 3. The van der Waals surface area contributed by atoms with Crippen molar-refractivity contribution in [1.82, 2.24) is 14.5 Å². The van der Waals surface area contributed by atoms with Crippen LogP contribution in [0.3, 0.4) is 0 Å². The molecule has 11 nitrogen and oxygen atoms in total. The lowest BCUT2D eigenvalue weighted by molar-refractivity contribution is 0.0226. The number of benzene rings is 1. The van der Waals surface area contributed by atoms with Gasteiger partial charge in [0.1, 0.15) is 19.0 Å². The molecule has 11 heteroatoms. The average molecular weight is 441 g/mol. The predicted octanol–water partition coefficient (Wildman–Crippen LogP) is 0.967. The maximum absolute atomic E-state index is 13.0. The number of carbonyl (C=O) groups excluding carboxylic acids is 1. The zero-order chi connectivity index (χ0) is 22.5. The Morgan fingerprint density at radius 1 is 1.00 bits per heavy atom. The molecule has 3 N–H and O–H groups in total. The van der Waals surface area contributed by atoms with Crippen molar-refractivity contribution >= 4 is 28.4 Å². The first-order valence-electron chi connectivity index (χ1n) is 10.0. The van der Waals surface area contributed by atoms with E-state index in [4.69, 9.17) is 24.7 Å². The highest BCUT2D eigenvalue weighted by atomic mass is 16.6. The molecule has 1 aliphatic rings. The number of hydrogen-bond acceptors (Lipinski definition) is 9. The third-order valence-corrected chi connectivity index (χ3v) is 4.84. The first-order valence-corrected chi connectivity index (χ1v) is 10.0. The van der Waals surface area contributed by atoms with Crippen LogP contribution in [0.2, 0.25) is 0 Å². The fourth-order valence-corrected chi connectivity index (χ4v) is 3.19. The number of amides is 1. The van der Waals surface area contributed by atoms with Crippen LogP contribution in [0.1, 0.15) is 10.4 Å². The van der Waals surface area contributed by atoms with Crippen molar-refractivity contribution in [3.63, 3.8) is 0 Å². The molecule has 4 rings (SSSR count). The standard InChI is InChI=1S/C21H23N5O6/c1-26-17(25-19(27)13-11-23-21(22)24-12-13)10-15-14(20(26)28)2-3-16-18(15)32-9-7-30-5-4-29-6-8-31-16/h2-3,10-12H,4-9H2,1H3,(H,25,27)(H2,22,23,24). The van der Waals surface area contributed by atoms with Gasteiger partial charge in [0.25, 0.3) is 11.5 Å². The van der Waals surface area contributed by atoms with Gasteiger partial charge in [0.15, 0.2) is 11.5 Å². The van der Waals surface area contributed by atoms with E-state index in [9.17, 15) is 9.59 Å². The molecule has 0 bridgehead atoms. The Kier molecular flexibility index (Phi) is 6.47. The summed E-state index contributed by atoms with van der Waals surface area (Å²) in [6.07, 6.45) is 2.62. The highest BCUT2D eigenvalue weighted by Gasteiger charge is 2.18. The fraction of sp³-hybridized carbons (Fsp3) is 0.333. The summed E-state index contributed by atoms with van der Waals surface area (Å²) in [7, 11) is 1.57. The quantitative estimate of drug-likeness (QED) is 0.595. The van der Waals surface area contributed by atoms with Crippen LogP contribution in [0.25, 0.3) is 10.8 Å². The van der Waals surface area contributed by atoms with Crippen LogP contribution < -0.4 is 26.1 Å². The van der Waals surface area contributed by atoms with Gasteiger partial charge in [0, 0.05) is 24.8 Å². The van der Waals surface area contributed by atoms with Crippen molar-refractivity contribution in [2.75, 3.05) is 50.7 Å². The van der Waals surface area contributed by atoms with Crippen molar-refractivity contribution < 1.29 is 23.7 Å². The van der Waals surface area contributed by atoms with Crippen LogP contribution in [-0.4, -0.2) is 60.1 Å². The molecule has 168 valence electrons. The summed E-state index contributed by atoms with van der Waals surface area (Å²) in [5, 5.41) is 3.65. The molecule has 2 aromatic heterocycles. The highest BCUT2D eigenvalue weighted by Crippen LogP contribution is 2.36. The number of pyridine rings is 1. The Morgan fingerprint density at radius 2 is 1.66 bits per heavy atom. The minimum Gasteiger partial charge on any atom is -0.487 e. The number of carbonyl (C=O) groups is 1. The smallest absolute Gasteiger partial charge is 0.259 e. The number of nitrogens with one attached hydrogen (secondary N) is 1. The van der Waals surface area contributed by atoms with Gasteiger partial charge in [-0.25, -0.2) is 9.97 Å². The number of hydrogen-bond donors (Lipinski definition) is 2. The molecular formula is C21H23N5O6. The van der Waals surface area contributed by atoms with Crippen molar-refractivity contribution in [2.45, 2.75) is 0 Å². The lowest BCUT2D eigenvalue weighted by atomic mass is 10.1. The monoisotopic (exact) mass is 441 g/mol. The lowest BCUT2D eigenvalue weighted by Gasteiger charge is -2.18. The van der Waals surface area contributed by atoms with Gasteiger partial charge in [-0.05, 0) is 18.2 Å². The van der Waals surface area contributed by atoms with Crippen LogP contribution in [0, 0.1) is 0 Å². The van der Waals surface area contributed by atoms with E-state index in [1.165, 1.54) is 17.0 Å². The van der Waals surface area contributed by atoms with Gasteiger partial charge in [0.2, 0.25) is 5.95 Å². The Labute approximate surface area is 183 Å². The molecule has 0 fully saturated rings. The summed E-state index contributed by atoms with van der Waals surface area (Å²) < 4.78 is 24.0. The van der Waals surface area contributed by atoms with Gasteiger partial charge in [-0.15, -0.1) is 0 Å². The molecule has 3 heterocycles. The second-order valence-corrected chi connectivity index (χ2v) is 6.95. The molecular weight excluding hydrogens is 418 g/mol. The molecule has 0 atom stereocenters. The third kappa shape index (κ3) is 4.63. The molecule has 0 saturated heterocycles. The maximum Gasteiger partial charge on any atom is 0.259 e. The molecule has 0 aliphatic carbocycles. The Balaban J connectivity index is 1.73. The molecule has 1 aliphatic heterocycles. The summed E-state index contributed by atoms with van der Waals surface area (Å²) in [6.45, 7) is 2.25. The normalized spacial score (nSPS) is 14.9. The number of ether oxygens (including phenoxy) is 4. The van der Waals surface area contributed by atoms with Crippen LogP contribution in [0.4, 0.5) is 11.8 Å². The van der Waals surface area contributed by atoms with E-state index in [2.05, 4.69) is 15.3 Å². The summed E-state index contributed by atoms with van der Waals surface area (Å²) in [4.78, 5) is 33.3. The number of anilines is 2. The number of nitrogens with two attached hydrogens (primary N) is 1. The van der Waals surface area contributed by atoms with Crippen molar-refractivity contribution in [3.8, 4) is 11.5 Å². The zero-order valence-electron chi connectivity index (χ0n) is 17.5. The number of nitrogen functional groups attached to an aromatic ring is 1. The van der Waals surface area contributed by atoms with Gasteiger partial charge < -0.3 is 30.0 Å². The summed E-state index contributed by atoms with van der Waals surface area (Å²) in [6, 6.07) is 5.02. The Morgan fingerprint density at radius 3 is 2.38 bits per heavy atom. The van der Waals surface area contributed by atoms with Gasteiger partial charge >= 0.3 is 0 Å². The minimum absolute atomic E-state index is 0.0583. The van der Waals surface area contributed by atoms with Gasteiger partial charge in [-0.1, -0.05) is 0 Å². The lowest BCUT2D eigenvalue weighted by Crippen LogP contribution is -2.24. The van der Waals surface area contributed by atoms with Gasteiger partial charge in [-0.3, -0.25) is 14.2 Å². The topological polar surface area (TPSA) is 140 Å². The number of aromatic nitrogens is 3. The SMILES string of the molecule is Cn1c(NC(=O)c2cnc(N)nc2)cc2c3c(ccc2c1=O)OCCOCCOCCO3. The molecule has 0 saturated carbocycles. The highest BCUT2D eigenvalue weighted by molar-refractivity contribution is 6.04. The molecule has 0 unspecified atom stereocenters. The van der Waals surface area contributed by atoms with E-state index in [1.807, 2.05) is 0 Å². The minimum atomic E-state index is -0.484. The van der Waals surface area contributed by atoms with E-state index >= 15 is 0 Å². The maximum atomic E-state index is 13.0. The average Bonchev–Trinajstić information content (AvgIpc) is 2.78. The summed E-state index contributed by atoms with van der Waals surface area (Å²) in [5.74, 6) is 0.715. The number of fused-ring (bicyclic) bond motifs is 3. The van der Waals surface area contributed by atoms with Crippen LogP contribution in [0.5, 0.6) is 11.5 Å². The molecule has 32 heavy (non-hydrogen) atoms. The van der Waals surface area contributed by atoms with E-state index < -0.39 is 5.91 Å². The van der Waals surface area contributed by atoms with E-state index in [0.29, 0.717) is 55.3 Å². The first-order chi connectivity index (χ1) is 15.5. The fourth-order valence-electron chi connectivity index (χ4n) is 3.19. The number of rotatable bonds is 2. The molecule has 3 aromatic rings. The largest absolute Gasteiger partial charge is 0.487 e. The molecule has 1 amide bonds. The first kappa shape index (κ1) is 21.5. The van der Waals surface area contributed by atoms with Crippen LogP contribution >= 0.6 is 0 Å². The van der Waals surface area contributed by atoms with Crippen LogP contribution in [0.15, 0.2) is 35.4 Å².